The molecule has 0 spiro atoms. The number of thioether (sulfide) groups is 2. The quantitative estimate of drug-likeness (QED) is 0.306. The van der Waals surface area contributed by atoms with E-state index in [2.05, 4.69) is 9.55 Å². The number of aromatic nitrogens is 2. The van der Waals surface area contributed by atoms with Crippen LogP contribution in [0.1, 0.15) is 52.9 Å². The number of esters is 1. The lowest BCUT2D eigenvalue weighted by Gasteiger charge is -2.46. The molecule has 0 aromatic carbocycles. The van der Waals surface area contributed by atoms with Gasteiger partial charge in [0.1, 0.15) is 11.8 Å². The molecule has 12 heteroatoms. The Morgan fingerprint density at radius 3 is 2.70 bits per heavy atom. The number of rotatable bonds is 7. The van der Waals surface area contributed by atoms with E-state index in [1.54, 1.807) is 36.6 Å². The van der Waals surface area contributed by atoms with Crippen molar-refractivity contribution in [3.63, 3.8) is 0 Å². The molecule has 0 bridgehead atoms. The molecule has 10 nitrogen and oxygen atoms in total. The molecule has 4 aliphatic rings. The van der Waals surface area contributed by atoms with Crippen LogP contribution in [0.25, 0.3) is 0 Å². The molecule has 2 fully saturated rings. The molecule has 1 aromatic heterocycles. The zero-order valence-corrected chi connectivity index (χ0v) is 22.8. The van der Waals surface area contributed by atoms with Crippen molar-refractivity contribution in [1.82, 2.24) is 14.5 Å². The van der Waals surface area contributed by atoms with E-state index in [0.717, 1.165) is 54.5 Å². The monoisotopic (exact) mass is 551 g/mol. The van der Waals surface area contributed by atoms with Crippen LogP contribution < -0.4 is 0 Å². The molecule has 2 unspecified atom stereocenters. The van der Waals surface area contributed by atoms with Crippen LogP contribution in [0.3, 0.4) is 0 Å². The maximum Gasteiger partial charge on any atom is 0.511 e. The predicted octanol–water partition coefficient (Wildman–Crippen LogP) is 3.53. The Balaban J connectivity index is 1.29. The van der Waals surface area contributed by atoms with Crippen LogP contribution in [0.4, 0.5) is 4.79 Å². The molecule has 4 heterocycles. The minimum atomic E-state index is -1.18. The minimum absolute atomic E-state index is 0.147. The summed E-state index contributed by atoms with van der Waals surface area (Å²) < 4.78 is 18.1. The SMILES string of the molecule is CC(OC(=O)OC1CCCCC1)OC(=O)C1=C(SC2CSc3nccn3C2)[C@H](C)[C@@H]2[C@@H]([C@@H](C)O)C(=O)N12. The second kappa shape index (κ2) is 10.9. The van der Waals surface area contributed by atoms with Gasteiger partial charge in [0, 0.05) is 47.7 Å². The number of fused-ring (bicyclic) bond motifs is 2. The molecule has 202 valence electrons. The number of β-lactam (4-membered cyclic amide) rings is 1. The van der Waals surface area contributed by atoms with Gasteiger partial charge in [-0.15, -0.1) is 11.8 Å². The number of hydrogen-bond acceptors (Lipinski definition) is 10. The normalized spacial score (nSPS) is 29.2. The van der Waals surface area contributed by atoms with Crippen molar-refractivity contribution in [1.29, 1.82) is 0 Å². The summed E-state index contributed by atoms with van der Waals surface area (Å²) in [6.07, 6.45) is 5.42. The smallest absolute Gasteiger partial charge is 0.431 e. The van der Waals surface area contributed by atoms with Crippen molar-refractivity contribution >= 4 is 41.6 Å². The molecule has 1 aliphatic carbocycles. The number of carbonyl (C=O) groups excluding carboxylic acids is 3. The second-order valence-electron chi connectivity index (χ2n) is 10.1. The maximum atomic E-state index is 13.4. The first-order valence-electron chi connectivity index (χ1n) is 12.9. The van der Waals surface area contributed by atoms with Gasteiger partial charge in [0.15, 0.2) is 5.16 Å². The number of carbonyl (C=O) groups is 3. The summed E-state index contributed by atoms with van der Waals surface area (Å²) in [4.78, 5) is 45.2. The van der Waals surface area contributed by atoms with Gasteiger partial charge in [0.25, 0.3) is 0 Å². The molecule has 1 saturated carbocycles. The van der Waals surface area contributed by atoms with Gasteiger partial charge in [0.05, 0.1) is 18.1 Å². The first-order valence-corrected chi connectivity index (χ1v) is 14.7. The zero-order valence-electron chi connectivity index (χ0n) is 21.2. The summed E-state index contributed by atoms with van der Waals surface area (Å²) >= 11 is 3.22. The van der Waals surface area contributed by atoms with Crippen LogP contribution in [0.15, 0.2) is 28.2 Å². The maximum absolute atomic E-state index is 13.4. The van der Waals surface area contributed by atoms with Crippen LogP contribution >= 0.6 is 23.5 Å². The van der Waals surface area contributed by atoms with Gasteiger partial charge in [-0.2, -0.15) is 0 Å². The number of hydrogen-bond donors (Lipinski definition) is 1. The Morgan fingerprint density at radius 2 is 1.97 bits per heavy atom. The Kier molecular flexibility index (Phi) is 7.78. The van der Waals surface area contributed by atoms with Gasteiger partial charge >= 0.3 is 12.1 Å². The average molecular weight is 552 g/mol. The van der Waals surface area contributed by atoms with Crippen molar-refractivity contribution in [2.75, 3.05) is 5.75 Å². The summed E-state index contributed by atoms with van der Waals surface area (Å²) in [7, 11) is 0. The second-order valence-corrected chi connectivity index (χ2v) is 12.4. The fourth-order valence-corrected chi connectivity index (χ4v) is 8.24. The summed E-state index contributed by atoms with van der Waals surface area (Å²) in [5.41, 5.74) is 0.182. The van der Waals surface area contributed by atoms with Crippen LogP contribution in [0, 0.1) is 11.8 Å². The lowest BCUT2D eigenvalue weighted by molar-refractivity contribution is -0.174. The van der Waals surface area contributed by atoms with Crippen LogP contribution in [0.5, 0.6) is 0 Å². The Morgan fingerprint density at radius 1 is 1.22 bits per heavy atom. The minimum Gasteiger partial charge on any atom is -0.431 e. The van der Waals surface area contributed by atoms with Crippen LogP contribution in [0.2, 0.25) is 0 Å². The highest BCUT2D eigenvalue weighted by Crippen LogP contribution is 2.52. The number of ether oxygens (including phenoxy) is 3. The number of nitrogens with zero attached hydrogens (tertiary/aromatic N) is 3. The number of amides is 1. The Labute approximate surface area is 224 Å². The average Bonchev–Trinajstić information content (AvgIpc) is 3.40. The van der Waals surface area contributed by atoms with E-state index in [0.29, 0.717) is 0 Å². The molecular formula is C25H33N3O7S2. The van der Waals surface area contributed by atoms with Gasteiger partial charge in [-0.3, -0.25) is 4.79 Å². The number of aliphatic hydroxyl groups excluding tert-OH is 1. The largest absolute Gasteiger partial charge is 0.511 e. The van der Waals surface area contributed by atoms with E-state index < -0.39 is 30.4 Å². The lowest BCUT2D eigenvalue weighted by atomic mass is 9.79. The van der Waals surface area contributed by atoms with Crippen molar-refractivity contribution in [2.45, 2.75) is 94.4 Å². The highest BCUT2D eigenvalue weighted by Gasteiger charge is 2.60. The fourth-order valence-electron chi connectivity index (χ4n) is 5.65. The van der Waals surface area contributed by atoms with E-state index in [9.17, 15) is 19.5 Å². The molecule has 5 rings (SSSR count). The van der Waals surface area contributed by atoms with Gasteiger partial charge in [0.2, 0.25) is 12.2 Å². The molecule has 3 aliphatic heterocycles. The molecule has 1 N–H and O–H groups in total. The van der Waals surface area contributed by atoms with E-state index in [1.807, 2.05) is 13.1 Å². The molecular weight excluding hydrogens is 518 g/mol. The first-order chi connectivity index (χ1) is 17.7. The zero-order chi connectivity index (χ0) is 26.3. The molecule has 1 aromatic rings. The Hall–Kier alpha value is -2.18. The van der Waals surface area contributed by atoms with Crippen molar-refractivity contribution in [3.05, 3.63) is 23.0 Å². The summed E-state index contributed by atoms with van der Waals surface area (Å²) in [6.45, 7) is 5.76. The van der Waals surface area contributed by atoms with E-state index in [1.165, 1.54) is 11.8 Å². The fraction of sp³-hybridized carbons (Fsp3) is 0.680. The highest BCUT2D eigenvalue weighted by molar-refractivity contribution is 8.05. The summed E-state index contributed by atoms with van der Waals surface area (Å²) in [5.74, 6) is -0.929. The molecule has 0 radical (unpaired) electrons. The first kappa shape index (κ1) is 26.4. The van der Waals surface area contributed by atoms with Crippen molar-refractivity contribution in [3.8, 4) is 0 Å². The number of aliphatic hydroxyl groups is 1. The van der Waals surface area contributed by atoms with Gasteiger partial charge in [-0.05, 0) is 32.6 Å². The molecule has 6 atom stereocenters. The summed E-state index contributed by atoms with van der Waals surface area (Å²) in [6, 6.07) is -0.315. The third-order valence-corrected chi connectivity index (χ3v) is 10.3. The van der Waals surface area contributed by atoms with Gasteiger partial charge < -0.3 is 28.8 Å². The standard InChI is InChI=1S/C25H33N3O7S2/c1-13-19-18(14(2)29)22(30)28(19)20(21(13)37-17-11-27-10-9-26-24(27)36-12-17)23(31)33-15(3)34-25(32)35-16-7-5-4-6-8-16/h9-10,13-19,29H,4-8,11-12H2,1-3H3/t13-,14-,15?,17?,18-,19-/m1/s1. The lowest BCUT2D eigenvalue weighted by Crippen LogP contribution is -2.63. The van der Waals surface area contributed by atoms with Gasteiger partial charge in [-0.25, -0.2) is 14.6 Å². The van der Waals surface area contributed by atoms with Gasteiger partial charge in [-0.1, -0.05) is 25.1 Å². The topological polar surface area (TPSA) is 120 Å². The highest BCUT2D eigenvalue weighted by atomic mass is 32.2. The predicted molar refractivity (Wildman–Crippen MR) is 136 cm³/mol. The van der Waals surface area contributed by atoms with Crippen molar-refractivity contribution in [2.24, 2.45) is 11.8 Å². The van der Waals surface area contributed by atoms with E-state index in [-0.39, 0.29) is 34.9 Å². The van der Waals surface area contributed by atoms with Crippen LogP contribution in [-0.4, -0.2) is 73.1 Å². The van der Waals surface area contributed by atoms with E-state index >= 15 is 0 Å². The van der Waals surface area contributed by atoms with Crippen molar-refractivity contribution < 1.29 is 33.7 Å². The molecule has 1 amide bonds. The van der Waals surface area contributed by atoms with Crippen LogP contribution in [-0.2, 0) is 30.3 Å². The molecule has 1 saturated heterocycles. The molecule has 37 heavy (non-hydrogen) atoms. The Bertz CT molecular complexity index is 1080. The third kappa shape index (κ3) is 5.24. The van der Waals surface area contributed by atoms with E-state index in [4.69, 9.17) is 14.2 Å². The number of imidazole rings is 1. The third-order valence-electron chi connectivity index (χ3n) is 7.42. The summed E-state index contributed by atoms with van der Waals surface area (Å²) in [5, 5.41) is 11.4.